The zero-order valence-corrected chi connectivity index (χ0v) is 9.85. The molecule has 0 saturated heterocycles. The molecule has 0 fully saturated rings. The lowest BCUT2D eigenvalue weighted by Crippen LogP contribution is -1.97. The van der Waals surface area contributed by atoms with E-state index in [0.29, 0.717) is 12.5 Å². The molecule has 0 saturated carbocycles. The molecule has 0 spiro atoms. The quantitative estimate of drug-likeness (QED) is 0.852. The van der Waals surface area contributed by atoms with E-state index in [4.69, 9.17) is 4.74 Å². The number of halogens is 2. The Morgan fingerprint density at radius 3 is 2.83 bits per heavy atom. The molecule has 1 aromatic rings. The molecular formula is C8H9Br2NO. The summed E-state index contributed by atoms with van der Waals surface area (Å²) in [5.74, 6) is 0.653. The van der Waals surface area contributed by atoms with Gasteiger partial charge in [-0.2, -0.15) is 0 Å². The average molecular weight is 295 g/mol. The number of hydrogen-bond donors (Lipinski definition) is 0. The maximum atomic E-state index is 5.36. The van der Waals surface area contributed by atoms with Gasteiger partial charge in [0.1, 0.15) is 0 Å². The van der Waals surface area contributed by atoms with Crippen LogP contribution in [0.3, 0.4) is 0 Å². The summed E-state index contributed by atoms with van der Waals surface area (Å²) in [6.45, 7) is 2.76. The van der Waals surface area contributed by atoms with Crippen molar-refractivity contribution in [3.8, 4) is 5.88 Å². The first-order valence-corrected chi connectivity index (χ1v) is 5.26. The first kappa shape index (κ1) is 9.99. The lowest BCUT2D eigenvalue weighted by atomic mass is 10.5. The van der Waals surface area contributed by atoms with E-state index in [0.717, 1.165) is 15.4 Å². The van der Waals surface area contributed by atoms with Crippen molar-refractivity contribution in [2.45, 2.75) is 13.3 Å². The van der Waals surface area contributed by atoms with E-state index in [1.54, 1.807) is 6.20 Å². The van der Waals surface area contributed by atoms with Gasteiger partial charge in [0, 0.05) is 10.7 Å². The topological polar surface area (TPSA) is 22.1 Å². The largest absolute Gasteiger partial charge is 0.477 e. The van der Waals surface area contributed by atoms with Crippen LogP contribution >= 0.6 is 31.9 Å². The second-order valence-corrected chi connectivity index (χ2v) is 4.06. The van der Waals surface area contributed by atoms with Crippen LogP contribution in [0.4, 0.5) is 0 Å². The Balaban J connectivity index is 2.72. The van der Waals surface area contributed by atoms with E-state index < -0.39 is 0 Å². The summed E-state index contributed by atoms with van der Waals surface area (Å²) in [6.07, 6.45) is 2.71. The predicted octanol–water partition coefficient (Wildman–Crippen LogP) is 3.40. The van der Waals surface area contributed by atoms with Crippen LogP contribution in [0.15, 0.2) is 21.2 Å². The Labute approximate surface area is 88.6 Å². The van der Waals surface area contributed by atoms with E-state index in [9.17, 15) is 0 Å². The number of ether oxygens (including phenoxy) is 1. The molecule has 1 rings (SSSR count). The summed E-state index contributed by atoms with van der Waals surface area (Å²) in [6, 6.07) is 1.91. The van der Waals surface area contributed by atoms with E-state index in [1.165, 1.54) is 0 Å². The molecule has 1 heterocycles. The molecule has 1 aromatic heterocycles. The van der Waals surface area contributed by atoms with E-state index >= 15 is 0 Å². The Kier molecular flexibility index (Phi) is 4.01. The van der Waals surface area contributed by atoms with Crippen LogP contribution in [0.1, 0.15) is 13.3 Å². The Morgan fingerprint density at radius 1 is 1.50 bits per heavy atom. The molecule has 0 unspecified atom stereocenters. The maximum absolute atomic E-state index is 5.36. The van der Waals surface area contributed by atoms with Crippen molar-refractivity contribution in [3.05, 3.63) is 21.2 Å². The highest BCUT2D eigenvalue weighted by Gasteiger charge is 2.01. The van der Waals surface area contributed by atoms with Gasteiger partial charge in [-0.1, -0.05) is 6.92 Å². The highest BCUT2D eigenvalue weighted by Crippen LogP contribution is 2.25. The molecule has 0 amide bonds. The van der Waals surface area contributed by atoms with Crippen molar-refractivity contribution < 1.29 is 4.74 Å². The molecule has 0 radical (unpaired) electrons. The van der Waals surface area contributed by atoms with Crippen LogP contribution in [0.2, 0.25) is 0 Å². The van der Waals surface area contributed by atoms with Gasteiger partial charge < -0.3 is 4.74 Å². The summed E-state index contributed by atoms with van der Waals surface area (Å²) < 4.78 is 7.18. The highest BCUT2D eigenvalue weighted by atomic mass is 79.9. The van der Waals surface area contributed by atoms with E-state index in [1.807, 2.05) is 6.07 Å². The number of pyridine rings is 1. The minimum Gasteiger partial charge on any atom is -0.477 e. The predicted molar refractivity (Wildman–Crippen MR) is 55.4 cm³/mol. The molecule has 2 nitrogen and oxygen atoms in total. The second-order valence-electron chi connectivity index (χ2n) is 2.29. The van der Waals surface area contributed by atoms with Gasteiger partial charge in [0.15, 0.2) is 0 Å². The van der Waals surface area contributed by atoms with Gasteiger partial charge in [-0.3, -0.25) is 0 Å². The summed E-state index contributed by atoms with van der Waals surface area (Å²) in [7, 11) is 0. The van der Waals surface area contributed by atoms with Gasteiger partial charge >= 0.3 is 0 Å². The van der Waals surface area contributed by atoms with Crippen LogP contribution in [0.25, 0.3) is 0 Å². The summed E-state index contributed by atoms with van der Waals surface area (Å²) in [4.78, 5) is 4.10. The van der Waals surface area contributed by atoms with Crippen molar-refractivity contribution in [1.82, 2.24) is 4.98 Å². The van der Waals surface area contributed by atoms with Crippen LogP contribution in [-0.2, 0) is 0 Å². The van der Waals surface area contributed by atoms with Crippen molar-refractivity contribution in [3.63, 3.8) is 0 Å². The molecule has 4 heteroatoms. The molecule has 0 atom stereocenters. The molecule has 0 aliphatic rings. The molecule has 0 aliphatic heterocycles. The van der Waals surface area contributed by atoms with Crippen LogP contribution in [0, 0.1) is 0 Å². The van der Waals surface area contributed by atoms with Gasteiger partial charge in [-0.15, -0.1) is 0 Å². The van der Waals surface area contributed by atoms with Gasteiger partial charge in [0.2, 0.25) is 5.88 Å². The fourth-order valence-corrected chi connectivity index (χ4v) is 1.81. The monoisotopic (exact) mass is 293 g/mol. The average Bonchev–Trinajstić information content (AvgIpc) is 2.03. The Hall–Kier alpha value is -0.0900. The minimum absolute atomic E-state index is 0.653. The fraction of sp³-hybridized carbons (Fsp3) is 0.375. The van der Waals surface area contributed by atoms with Crippen LogP contribution < -0.4 is 4.74 Å². The Bertz CT molecular complexity index is 265. The third-order valence-corrected chi connectivity index (χ3v) is 2.22. The summed E-state index contributed by atoms with van der Waals surface area (Å²) in [5.41, 5.74) is 0. The molecular weight excluding hydrogens is 286 g/mol. The van der Waals surface area contributed by atoms with Crippen LogP contribution in [-0.4, -0.2) is 11.6 Å². The third-order valence-electron chi connectivity index (χ3n) is 1.22. The lowest BCUT2D eigenvalue weighted by Gasteiger charge is -2.04. The zero-order valence-electron chi connectivity index (χ0n) is 6.68. The zero-order chi connectivity index (χ0) is 8.97. The first-order chi connectivity index (χ1) is 5.74. The Morgan fingerprint density at radius 2 is 2.25 bits per heavy atom. The molecule has 0 N–H and O–H groups in total. The lowest BCUT2D eigenvalue weighted by molar-refractivity contribution is 0.303. The molecule has 0 bridgehead atoms. The maximum Gasteiger partial charge on any atom is 0.228 e. The molecule has 66 valence electrons. The normalized spacial score (nSPS) is 9.92. The van der Waals surface area contributed by atoms with Crippen LogP contribution in [0.5, 0.6) is 5.88 Å². The fourth-order valence-electron chi connectivity index (χ4n) is 0.707. The first-order valence-electron chi connectivity index (χ1n) is 3.68. The van der Waals surface area contributed by atoms with Gasteiger partial charge in [-0.25, -0.2) is 4.98 Å². The van der Waals surface area contributed by atoms with Crippen molar-refractivity contribution in [2.24, 2.45) is 0 Å². The van der Waals surface area contributed by atoms with E-state index in [-0.39, 0.29) is 0 Å². The second kappa shape index (κ2) is 4.82. The van der Waals surface area contributed by atoms with Gasteiger partial charge in [0.05, 0.1) is 11.1 Å². The number of aromatic nitrogens is 1. The minimum atomic E-state index is 0.653. The molecule has 12 heavy (non-hydrogen) atoms. The SMILES string of the molecule is CCCOc1ncc(Br)cc1Br. The van der Waals surface area contributed by atoms with E-state index in [2.05, 4.69) is 43.8 Å². The molecule has 0 aliphatic carbocycles. The van der Waals surface area contributed by atoms with Crippen molar-refractivity contribution in [2.75, 3.05) is 6.61 Å². The number of nitrogens with zero attached hydrogens (tertiary/aromatic N) is 1. The standard InChI is InChI=1S/C8H9Br2NO/c1-2-3-12-8-7(10)4-6(9)5-11-8/h4-5H,2-3H2,1H3. The van der Waals surface area contributed by atoms with Crippen molar-refractivity contribution in [1.29, 1.82) is 0 Å². The smallest absolute Gasteiger partial charge is 0.228 e. The summed E-state index contributed by atoms with van der Waals surface area (Å²) >= 11 is 6.68. The third kappa shape index (κ3) is 2.75. The van der Waals surface area contributed by atoms with Gasteiger partial charge in [-0.05, 0) is 44.3 Å². The summed E-state index contributed by atoms with van der Waals surface area (Å²) in [5, 5.41) is 0. The highest BCUT2D eigenvalue weighted by molar-refractivity contribution is 9.11. The number of hydrogen-bond acceptors (Lipinski definition) is 2. The van der Waals surface area contributed by atoms with Gasteiger partial charge in [0.25, 0.3) is 0 Å². The number of rotatable bonds is 3. The van der Waals surface area contributed by atoms with Crippen molar-refractivity contribution >= 4 is 31.9 Å². The molecule has 0 aromatic carbocycles.